The second-order valence-corrected chi connectivity index (χ2v) is 4.47. The molecule has 0 aliphatic rings. The Hall–Kier alpha value is -2.55. The van der Waals surface area contributed by atoms with Gasteiger partial charge in [0.1, 0.15) is 5.75 Å². The second kappa shape index (κ2) is 4.61. The van der Waals surface area contributed by atoms with Crippen LogP contribution in [0, 0.1) is 0 Å². The molecule has 0 fully saturated rings. The summed E-state index contributed by atoms with van der Waals surface area (Å²) in [6.45, 7) is 0. The van der Waals surface area contributed by atoms with Crippen molar-refractivity contribution in [3.63, 3.8) is 0 Å². The lowest BCUT2D eigenvalue weighted by molar-refractivity contribution is 0.468. The van der Waals surface area contributed by atoms with Crippen LogP contribution in [-0.2, 0) is 6.42 Å². The maximum Gasteiger partial charge on any atom is 0.262 e. The van der Waals surface area contributed by atoms with Crippen LogP contribution < -0.4 is 5.56 Å². The van der Waals surface area contributed by atoms with E-state index in [9.17, 15) is 9.90 Å². The number of aromatic nitrogens is 1. The number of hydrogen-bond acceptors (Lipinski definition) is 2. The molecule has 0 aliphatic heterocycles. The van der Waals surface area contributed by atoms with Gasteiger partial charge in [-0.25, -0.2) is 0 Å². The molecule has 0 amide bonds. The highest BCUT2D eigenvalue weighted by molar-refractivity contribution is 5.53. The standard InChI is InChI=1S/C16H13NO2/c18-15-11-13-8-4-5-9-17(13)16(19)14(15)10-12-6-2-1-3-7-12/h1-9,11,18H,10H2. The van der Waals surface area contributed by atoms with Gasteiger partial charge in [-0.1, -0.05) is 36.4 Å². The molecule has 0 unspecified atom stereocenters. The van der Waals surface area contributed by atoms with Crippen molar-refractivity contribution < 1.29 is 5.11 Å². The molecule has 19 heavy (non-hydrogen) atoms. The average Bonchev–Trinajstić information content (AvgIpc) is 2.45. The number of rotatable bonds is 2. The van der Waals surface area contributed by atoms with Crippen LogP contribution in [0.15, 0.2) is 65.6 Å². The molecule has 1 N–H and O–H groups in total. The minimum atomic E-state index is -0.167. The third kappa shape index (κ3) is 2.10. The van der Waals surface area contributed by atoms with Crippen molar-refractivity contribution in [2.75, 3.05) is 0 Å². The van der Waals surface area contributed by atoms with Crippen LogP contribution >= 0.6 is 0 Å². The molecule has 0 saturated carbocycles. The first kappa shape index (κ1) is 11.5. The highest BCUT2D eigenvalue weighted by Crippen LogP contribution is 2.18. The summed E-state index contributed by atoms with van der Waals surface area (Å²) in [5.74, 6) is 0.0556. The Bertz CT molecular complexity index is 776. The van der Waals surface area contributed by atoms with Crippen LogP contribution in [-0.4, -0.2) is 9.51 Å². The van der Waals surface area contributed by atoms with Crippen molar-refractivity contribution in [2.45, 2.75) is 6.42 Å². The lowest BCUT2D eigenvalue weighted by Gasteiger charge is -2.07. The molecule has 0 bridgehead atoms. The van der Waals surface area contributed by atoms with E-state index < -0.39 is 0 Å². The summed E-state index contributed by atoms with van der Waals surface area (Å²) in [4.78, 5) is 12.4. The first-order valence-electron chi connectivity index (χ1n) is 6.12. The maximum atomic E-state index is 12.4. The third-order valence-corrected chi connectivity index (χ3v) is 3.19. The molecule has 3 heteroatoms. The molecule has 3 nitrogen and oxygen atoms in total. The zero-order chi connectivity index (χ0) is 13.2. The van der Waals surface area contributed by atoms with Gasteiger partial charge in [0.05, 0.1) is 11.1 Å². The fraction of sp³-hybridized carbons (Fsp3) is 0.0625. The minimum absolute atomic E-state index is 0.0556. The fourth-order valence-corrected chi connectivity index (χ4v) is 2.21. The van der Waals surface area contributed by atoms with Gasteiger partial charge in [-0.2, -0.15) is 0 Å². The van der Waals surface area contributed by atoms with Crippen molar-refractivity contribution in [1.82, 2.24) is 4.40 Å². The Labute approximate surface area is 110 Å². The number of fused-ring (bicyclic) bond motifs is 1. The molecule has 2 heterocycles. The van der Waals surface area contributed by atoms with Crippen molar-refractivity contribution in [1.29, 1.82) is 0 Å². The quantitative estimate of drug-likeness (QED) is 0.760. The molecule has 3 aromatic rings. The minimum Gasteiger partial charge on any atom is -0.507 e. The largest absolute Gasteiger partial charge is 0.507 e. The molecule has 0 atom stereocenters. The van der Waals surface area contributed by atoms with E-state index in [1.54, 1.807) is 28.8 Å². The summed E-state index contributed by atoms with van der Waals surface area (Å²) in [5, 5.41) is 10.0. The number of pyridine rings is 2. The molecule has 0 spiro atoms. The first-order chi connectivity index (χ1) is 9.25. The maximum absolute atomic E-state index is 12.4. The van der Waals surface area contributed by atoms with Crippen LogP contribution in [0.1, 0.15) is 11.1 Å². The molecule has 3 rings (SSSR count). The number of benzene rings is 1. The number of aromatic hydroxyl groups is 1. The van der Waals surface area contributed by atoms with Gasteiger partial charge in [0.2, 0.25) is 0 Å². The van der Waals surface area contributed by atoms with E-state index in [4.69, 9.17) is 0 Å². The van der Waals surface area contributed by atoms with E-state index in [1.807, 2.05) is 36.4 Å². The Kier molecular flexibility index (Phi) is 2.80. The van der Waals surface area contributed by atoms with Crippen molar-refractivity contribution in [3.8, 4) is 5.75 Å². The zero-order valence-electron chi connectivity index (χ0n) is 10.3. The highest BCUT2D eigenvalue weighted by atomic mass is 16.3. The number of nitrogens with zero attached hydrogens (tertiary/aromatic N) is 1. The fourth-order valence-electron chi connectivity index (χ4n) is 2.21. The van der Waals surface area contributed by atoms with Gasteiger partial charge in [0.15, 0.2) is 0 Å². The zero-order valence-corrected chi connectivity index (χ0v) is 10.3. The van der Waals surface area contributed by atoms with E-state index in [2.05, 4.69) is 0 Å². The lowest BCUT2D eigenvalue weighted by atomic mass is 10.1. The van der Waals surface area contributed by atoms with Gasteiger partial charge in [0.25, 0.3) is 5.56 Å². The molecular weight excluding hydrogens is 238 g/mol. The summed E-state index contributed by atoms with van der Waals surface area (Å²) in [5.41, 5.74) is 1.96. The van der Waals surface area contributed by atoms with E-state index >= 15 is 0 Å². The van der Waals surface area contributed by atoms with Gasteiger partial charge in [-0.05, 0) is 17.7 Å². The summed E-state index contributed by atoms with van der Waals surface area (Å²) in [6.07, 6.45) is 2.15. The first-order valence-corrected chi connectivity index (χ1v) is 6.12. The van der Waals surface area contributed by atoms with E-state index in [0.29, 0.717) is 17.5 Å². The Balaban J connectivity index is 2.16. The predicted octanol–water partition coefficient (Wildman–Crippen LogP) is 2.60. The van der Waals surface area contributed by atoms with E-state index in [0.717, 1.165) is 5.56 Å². The molecular formula is C16H13NO2. The monoisotopic (exact) mass is 251 g/mol. The molecule has 1 aromatic carbocycles. The van der Waals surface area contributed by atoms with Gasteiger partial charge in [-0.3, -0.25) is 9.20 Å². The van der Waals surface area contributed by atoms with Crippen LogP contribution in [0.5, 0.6) is 5.75 Å². The topological polar surface area (TPSA) is 41.7 Å². The van der Waals surface area contributed by atoms with Crippen molar-refractivity contribution in [2.24, 2.45) is 0 Å². The van der Waals surface area contributed by atoms with Gasteiger partial charge in [0, 0.05) is 18.7 Å². The molecule has 0 saturated heterocycles. The molecule has 0 aliphatic carbocycles. The normalized spacial score (nSPS) is 10.7. The van der Waals surface area contributed by atoms with Crippen LogP contribution in [0.2, 0.25) is 0 Å². The smallest absolute Gasteiger partial charge is 0.262 e. The van der Waals surface area contributed by atoms with Gasteiger partial charge >= 0.3 is 0 Å². The molecule has 94 valence electrons. The third-order valence-electron chi connectivity index (χ3n) is 3.19. The average molecular weight is 251 g/mol. The molecule has 2 aromatic heterocycles. The van der Waals surface area contributed by atoms with E-state index in [-0.39, 0.29) is 11.3 Å². The van der Waals surface area contributed by atoms with Crippen LogP contribution in [0.3, 0.4) is 0 Å². The summed E-state index contributed by atoms with van der Waals surface area (Å²) < 4.78 is 1.55. The summed E-state index contributed by atoms with van der Waals surface area (Å²) >= 11 is 0. The van der Waals surface area contributed by atoms with Crippen LogP contribution in [0.4, 0.5) is 0 Å². The molecule has 0 radical (unpaired) electrons. The highest BCUT2D eigenvalue weighted by Gasteiger charge is 2.10. The van der Waals surface area contributed by atoms with Crippen molar-refractivity contribution >= 4 is 5.52 Å². The van der Waals surface area contributed by atoms with Crippen molar-refractivity contribution in [3.05, 3.63) is 82.3 Å². The van der Waals surface area contributed by atoms with Crippen LogP contribution in [0.25, 0.3) is 5.52 Å². The summed E-state index contributed by atoms with van der Waals surface area (Å²) in [6, 6.07) is 16.7. The van der Waals surface area contributed by atoms with E-state index in [1.165, 1.54) is 0 Å². The Morgan fingerprint density at radius 1 is 1.00 bits per heavy atom. The predicted molar refractivity (Wildman–Crippen MR) is 74.6 cm³/mol. The second-order valence-electron chi connectivity index (χ2n) is 4.47. The lowest BCUT2D eigenvalue weighted by Crippen LogP contribution is -2.18. The number of hydrogen-bond donors (Lipinski definition) is 1. The SMILES string of the molecule is O=c1c(Cc2ccccc2)c(O)cc2ccccn12. The summed E-state index contributed by atoms with van der Waals surface area (Å²) in [7, 11) is 0. The Morgan fingerprint density at radius 2 is 1.74 bits per heavy atom. The Morgan fingerprint density at radius 3 is 2.53 bits per heavy atom. The van der Waals surface area contributed by atoms with Gasteiger partial charge < -0.3 is 5.11 Å². The van der Waals surface area contributed by atoms with Gasteiger partial charge in [-0.15, -0.1) is 0 Å².